The van der Waals surface area contributed by atoms with Crippen LogP contribution in [0.1, 0.15) is 27.3 Å². The van der Waals surface area contributed by atoms with E-state index in [9.17, 15) is 14.4 Å². The summed E-state index contributed by atoms with van der Waals surface area (Å²) in [5, 5.41) is 6.83. The fraction of sp³-hybridized carbons (Fsp3) is 0.100. The van der Waals surface area contributed by atoms with Gasteiger partial charge in [0.05, 0.1) is 0 Å². The predicted molar refractivity (Wildman–Crippen MR) is 106 cm³/mol. The van der Waals surface area contributed by atoms with Crippen LogP contribution in [0.3, 0.4) is 0 Å². The Balaban J connectivity index is 1.41. The Bertz CT molecular complexity index is 1000. The lowest BCUT2D eigenvalue weighted by atomic mass is 10.1. The lowest BCUT2D eigenvalue weighted by Gasteiger charge is -2.07. The van der Waals surface area contributed by atoms with E-state index < -0.39 is 11.8 Å². The average molecular weight is 413 g/mol. The highest BCUT2D eigenvalue weighted by molar-refractivity contribution is 6.30. The number of carbonyl (C=O) groups is 3. The smallest absolute Gasteiger partial charge is 0.291 e. The molecule has 8 nitrogen and oxygen atoms in total. The summed E-state index contributed by atoms with van der Waals surface area (Å²) >= 11 is 5.77. The molecule has 148 valence electrons. The van der Waals surface area contributed by atoms with Crippen molar-refractivity contribution in [2.75, 3.05) is 6.54 Å². The summed E-state index contributed by atoms with van der Waals surface area (Å²) in [5.74, 6) is -0.974. The van der Waals surface area contributed by atoms with Gasteiger partial charge in [0, 0.05) is 35.2 Å². The van der Waals surface area contributed by atoms with Crippen LogP contribution < -0.4 is 16.2 Å². The zero-order valence-corrected chi connectivity index (χ0v) is 15.9. The highest BCUT2D eigenvalue weighted by Crippen LogP contribution is 2.19. The van der Waals surface area contributed by atoms with Gasteiger partial charge >= 0.3 is 0 Å². The second-order valence-corrected chi connectivity index (χ2v) is 6.39. The van der Waals surface area contributed by atoms with Gasteiger partial charge in [-0.25, -0.2) is 0 Å². The Kier molecular flexibility index (Phi) is 6.59. The van der Waals surface area contributed by atoms with Crippen LogP contribution in [0.4, 0.5) is 0 Å². The van der Waals surface area contributed by atoms with Gasteiger partial charge in [0.2, 0.25) is 5.91 Å². The van der Waals surface area contributed by atoms with Crippen molar-refractivity contribution >= 4 is 29.3 Å². The summed E-state index contributed by atoms with van der Waals surface area (Å²) < 4.78 is 5.14. The molecular weight excluding hydrogens is 396 g/mol. The normalized spacial score (nSPS) is 10.2. The van der Waals surface area contributed by atoms with Crippen LogP contribution in [0.25, 0.3) is 11.3 Å². The van der Waals surface area contributed by atoms with Crippen LogP contribution >= 0.6 is 11.6 Å². The first-order chi connectivity index (χ1) is 14.0. The standard InChI is InChI=1S/C20H17ClN4O4/c21-15-8-6-14(7-9-15)19(27)22-11-10-18(26)23-24-20(28)16-12-17(29-25-16)13-4-2-1-3-5-13/h1-9,12H,10-11H2,(H,22,27)(H,23,26)(H,24,28). The molecule has 29 heavy (non-hydrogen) atoms. The van der Waals surface area contributed by atoms with Gasteiger partial charge in [-0.15, -0.1) is 0 Å². The molecule has 3 N–H and O–H groups in total. The second kappa shape index (κ2) is 9.52. The number of nitrogens with one attached hydrogen (secondary N) is 3. The van der Waals surface area contributed by atoms with Gasteiger partial charge in [0.1, 0.15) is 0 Å². The van der Waals surface area contributed by atoms with Crippen molar-refractivity contribution < 1.29 is 18.9 Å². The van der Waals surface area contributed by atoms with Crippen LogP contribution in [0, 0.1) is 0 Å². The first kappa shape index (κ1) is 20.1. The van der Waals surface area contributed by atoms with E-state index in [1.807, 2.05) is 30.3 Å². The minimum absolute atomic E-state index is 0.0201. The number of benzene rings is 2. The number of nitrogens with zero attached hydrogens (tertiary/aromatic N) is 1. The van der Waals surface area contributed by atoms with Gasteiger partial charge < -0.3 is 9.84 Å². The number of rotatable bonds is 6. The first-order valence-electron chi connectivity index (χ1n) is 8.68. The summed E-state index contributed by atoms with van der Waals surface area (Å²) in [5.41, 5.74) is 5.75. The zero-order valence-electron chi connectivity index (χ0n) is 15.1. The Labute approximate surface area is 171 Å². The van der Waals surface area contributed by atoms with E-state index in [0.717, 1.165) is 5.56 Å². The quantitative estimate of drug-likeness (QED) is 0.538. The van der Waals surface area contributed by atoms with Crippen molar-refractivity contribution in [2.45, 2.75) is 6.42 Å². The average Bonchev–Trinajstić information content (AvgIpc) is 3.23. The molecule has 0 aliphatic rings. The van der Waals surface area contributed by atoms with E-state index in [4.69, 9.17) is 16.1 Å². The van der Waals surface area contributed by atoms with Crippen LogP contribution in [0.5, 0.6) is 0 Å². The van der Waals surface area contributed by atoms with Crippen LogP contribution in [-0.2, 0) is 4.79 Å². The number of aromatic nitrogens is 1. The van der Waals surface area contributed by atoms with Gasteiger partial charge in [-0.05, 0) is 24.3 Å². The Morgan fingerprint density at radius 3 is 2.38 bits per heavy atom. The van der Waals surface area contributed by atoms with Crippen molar-refractivity contribution in [3.63, 3.8) is 0 Å². The molecule has 0 radical (unpaired) electrons. The lowest BCUT2D eigenvalue weighted by molar-refractivity contribution is -0.121. The summed E-state index contributed by atoms with van der Waals surface area (Å²) in [7, 11) is 0. The van der Waals surface area contributed by atoms with E-state index in [1.54, 1.807) is 24.3 Å². The van der Waals surface area contributed by atoms with E-state index in [-0.39, 0.29) is 24.6 Å². The molecule has 0 fully saturated rings. The van der Waals surface area contributed by atoms with Crippen molar-refractivity contribution in [3.8, 4) is 11.3 Å². The molecule has 0 aliphatic heterocycles. The predicted octanol–water partition coefficient (Wildman–Crippen LogP) is 2.58. The van der Waals surface area contributed by atoms with Crippen molar-refractivity contribution in [1.29, 1.82) is 0 Å². The number of hydrazine groups is 1. The molecule has 0 saturated heterocycles. The van der Waals surface area contributed by atoms with E-state index >= 15 is 0 Å². The Morgan fingerprint density at radius 1 is 0.931 bits per heavy atom. The maximum atomic E-state index is 12.1. The summed E-state index contributed by atoms with van der Waals surface area (Å²) in [6.45, 7) is 0.102. The molecule has 2 aromatic carbocycles. The number of hydrogen-bond acceptors (Lipinski definition) is 5. The van der Waals surface area contributed by atoms with Gasteiger partial charge in [0.15, 0.2) is 11.5 Å². The van der Waals surface area contributed by atoms with E-state index in [1.165, 1.54) is 6.07 Å². The van der Waals surface area contributed by atoms with Crippen molar-refractivity contribution in [1.82, 2.24) is 21.3 Å². The van der Waals surface area contributed by atoms with Crippen molar-refractivity contribution in [2.24, 2.45) is 0 Å². The summed E-state index contributed by atoms with van der Waals surface area (Å²) in [6, 6.07) is 17.0. The largest absolute Gasteiger partial charge is 0.355 e. The summed E-state index contributed by atoms with van der Waals surface area (Å²) in [6.07, 6.45) is -0.0201. The topological polar surface area (TPSA) is 113 Å². The molecule has 9 heteroatoms. The third-order valence-corrected chi connectivity index (χ3v) is 4.11. The second-order valence-electron chi connectivity index (χ2n) is 5.96. The number of amides is 3. The van der Waals surface area contributed by atoms with E-state index in [2.05, 4.69) is 21.3 Å². The molecule has 1 aromatic heterocycles. The van der Waals surface area contributed by atoms with Crippen molar-refractivity contribution in [3.05, 3.63) is 76.9 Å². The maximum absolute atomic E-state index is 12.1. The molecule has 0 unspecified atom stereocenters. The molecular formula is C20H17ClN4O4. The van der Waals surface area contributed by atoms with Crippen LogP contribution in [0.2, 0.25) is 5.02 Å². The number of halogens is 1. The molecule has 0 saturated carbocycles. The minimum Gasteiger partial charge on any atom is -0.355 e. The molecule has 0 atom stereocenters. The minimum atomic E-state index is -0.616. The Hall–Kier alpha value is -3.65. The first-order valence-corrected chi connectivity index (χ1v) is 9.06. The monoisotopic (exact) mass is 412 g/mol. The fourth-order valence-electron chi connectivity index (χ4n) is 2.37. The van der Waals surface area contributed by atoms with Crippen LogP contribution in [0.15, 0.2) is 65.2 Å². The molecule has 0 bridgehead atoms. The lowest BCUT2D eigenvalue weighted by Crippen LogP contribution is -2.42. The zero-order chi connectivity index (χ0) is 20.6. The van der Waals surface area contributed by atoms with Gasteiger partial charge in [-0.3, -0.25) is 25.2 Å². The molecule has 0 spiro atoms. The number of carbonyl (C=O) groups excluding carboxylic acids is 3. The number of hydrogen-bond donors (Lipinski definition) is 3. The third kappa shape index (κ3) is 5.66. The summed E-state index contributed by atoms with van der Waals surface area (Å²) in [4.78, 5) is 35.8. The molecule has 3 amide bonds. The molecule has 0 aliphatic carbocycles. The molecule has 3 rings (SSSR count). The highest BCUT2D eigenvalue weighted by Gasteiger charge is 2.14. The molecule has 3 aromatic rings. The van der Waals surface area contributed by atoms with E-state index in [0.29, 0.717) is 16.3 Å². The van der Waals surface area contributed by atoms with Gasteiger partial charge in [-0.2, -0.15) is 0 Å². The van der Waals surface area contributed by atoms with Gasteiger partial charge in [-0.1, -0.05) is 47.1 Å². The van der Waals surface area contributed by atoms with Gasteiger partial charge in [0.25, 0.3) is 11.8 Å². The SMILES string of the molecule is O=C(CCNC(=O)c1ccc(Cl)cc1)NNC(=O)c1cc(-c2ccccc2)on1. The highest BCUT2D eigenvalue weighted by atomic mass is 35.5. The maximum Gasteiger partial charge on any atom is 0.291 e. The third-order valence-electron chi connectivity index (χ3n) is 3.86. The fourth-order valence-corrected chi connectivity index (χ4v) is 2.49. The molecule has 1 heterocycles. The Morgan fingerprint density at radius 2 is 1.66 bits per heavy atom. The van der Waals surface area contributed by atoms with Crippen LogP contribution in [-0.4, -0.2) is 29.4 Å².